The van der Waals surface area contributed by atoms with Gasteiger partial charge in [-0.1, -0.05) is 26.7 Å². The van der Waals surface area contributed by atoms with E-state index in [0.29, 0.717) is 25.7 Å². The third-order valence-electron chi connectivity index (χ3n) is 3.28. The van der Waals surface area contributed by atoms with E-state index in [4.69, 9.17) is 4.18 Å². The summed E-state index contributed by atoms with van der Waals surface area (Å²) in [5.41, 5.74) is -0.861. The lowest BCUT2D eigenvalue weighted by molar-refractivity contribution is 0.00779. The normalized spacial score (nSPS) is 34.6. The van der Waals surface area contributed by atoms with Crippen molar-refractivity contribution in [3.8, 4) is 0 Å². The van der Waals surface area contributed by atoms with Crippen LogP contribution < -0.4 is 0 Å². The molecule has 1 saturated heterocycles. The van der Waals surface area contributed by atoms with E-state index in [1.54, 1.807) is 0 Å². The zero-order valence-corrected chi connectivity index (χ0v) is 10.9. The van der Waals surface area contributed by atoms with Gasteiger partial charge in [0.1, 0.15) is 0 Å². The first kappa shape index (κ1) is 13.9. The van der Waals surface area contributed by atoms with Gasteiger partial charge in [0.15, 0.2) is 0 Å². The van der Waals surface area contributed by atoms with Gasteiger partial charge in [0.2, 0.25) is 0 Å². The van der Waals surface area contributed by atoms with Gasteiger partial charge < -0.3 is 5.11 Å². The van der Waals surface area contributed by atoms with Crippen LogP contribution in [0.15, 0.2) is 0 Å². The van der Waals surface area contributed by atoms with Crippen molar-refractivity contribution in [1.82, 2.24) is 0 Å². The molecule has 0 spiro atoms. The Morgan fingerprint density at radius 3 is 2.69 bits per heavy atom. The summed E-state index contributed by atoms with van der Waals surface area (Å²) >= 11 is 0. The lowest BCUT2D eigenvalue weighted by atomic mass is 9.88. The van der Waals surface area contributed by atoms with Gasteiger partial charge in [-0.05, 0) is 19.3 Å². The number of rotatable bonds is 4. The summed E-state index contributed by atoms with van der Waals surface area (Å²) in [6.07, 6.45) is 3.82. The summed E-state index contributed by atoms with van der Waals surface area (Å²) in [5.74, 6) is 0. The van der Waals surface area contributed by atoms with E-state index < -0.39 is 21.0 Å². The molecular weight excluding hydrogens is 228 g/mol. The lowest BCUT2D eigenvalue weighted by Gasteiger charge is -2.27. The maximum absolute atomic E-state index is 11.7. The van der Waals surface area contributed by atoms with Crippen LogP contribution in [0.1, 0.15) is 52.4 Å². The molecule has 0 bridgehead atoms. The minimum Gasteiger partial charge on any atom is -0.390 e. The molecule has 96 valence electrons. The monoisotopic (exact) mass is 250 g/mol. The summed E-state index contributed by atoms with van der Waals surface area (Å²) in [5, 5.41) is 9.81. The lowest BCUT2D eigenvalue weighted by Crippen LogP contribution is -2.34. The van der Waals surface area contributed by atoms with Gasteiger partial charge >= 0.3 is 0 Å². The van der Waals surface area contributed by atoms with Gasteiger partial charge in [0.05, 0.1) is 17.5 Å². The average Bonchev–Trinajstić information content (AvgIpc) is 2.33. The molecule has 2 unspecified atom stereocenters. The third-order valence-corrected chi connectivity index (χ3v) is 5.09. The van der Waals surface area contributed by atoms with Crippen molar-refractivity contribution in [1.29, 1.82) is 0 Å². The van der Waals surface area contributed by atoms with E-state index in [2.05, 4.69) is 6.92 Å². The van der Waals surface area contributed by atoms with Crippen molar-refractivity contribution in [3.63, 3.8) is 0 Å². The van der Waals surface area contributed by atoms with Gasteiger partial charge in [0, 0.05) is 6.42 Å². The maximum atomic E-state index is 11.7. The Morgan fingerprint density at radius 1 is 1.44 bits per heavy atom. The molecule has 1 aliphatic heterocycles. The fourth-order valence-electron chi connectivity index (χ4n) is 2.15. The second-order valence-corrected chi connectivity index (χ2v) is 6.52. The van der Waals surface area contributed by atoms with Crippen LogP contribution in [0.3, 0.4) is 0 Å². The molecule has 0 radical (unpaired) electrons. The van der Waals surface area contributed by atoms with Crippen molar-refractivity contribution < 1.29 is 17.7 Å². The van der Waals surface area contributed by atoms with E-state index in [0.717, 1.165) is 12.8 Å². The summed E-state index contributed by atoms with van der Waals surface area (Å²) in [4.78, 5) is 0. The van der Waals surface area contributed by atoms with Crippen LogP contribution in [0.4, 0.5) is 0 Å². The van der Waals surface area contributed by atoms with Gasteiger partial charge in [-0.3, -0.25) is 4.18 Å². The van der Waals surface area contributed by atoms with E-state index in [9.17, 15) is 13.5 Å². The highest BCUT2D eigenvalue weighted by molar-refractivity contribution is 7.87. The van der Waals surface area contributed by atoms with Crippen molar-refractivity contribution in [2.45, 2.75) is 63.2 Å². The van der Waals surface area contributed by atoms with Crippen LogP contribution in [0, 0.1) is 0 Å². The number of hydrogen-bond donors (Lipinski definition) is 1. The summed E-state index contributed by atoms with van der Waals surface area (Å²) < 4.78 is 28.2. The Morgan fingerprint density at radius 2 is 2.12 bits per heavy atom. The zero-order chi connectivity index (χ0) is 12.2. The predicted octanol–water partition coefficient (Wildman–Crippen LogP) is 1.83. The summed E-state index contributed by atoms with van der Waals surface area (Å²) in [6.45, 7) is 3.99. The molecule has 0 amide bonds. The van der Waals surface area contributed by atoms with Gasteiger partial charge in [0.25, 0.3) is 10.1 Å². The predicted molar refractivity (Wildman–Crippen MR) is 62.7 cm³/mol. The number of hydrogen-bond acceptors (Lipinski definition) is 4. The first-order chi connectivity index (χ1) is 7.43. The minimum atomic E-state index is -3.47. The van der Waals surface area contributed by atoms with Crippen molar-refractivity contribution >= 4 is 10.1 Å². The first-order valence-corrected chi connectivity index (χ1v) is 7.51. The minimum absolute atomic E-state index is 0.110. The van der Waals surface area contributed by atoms with E-state index in [1.807, 2.05) is 6.92 Å². The highest BCUT2D eigenvalue weighted by Crippen LogP contribution is 2.31. The molecule has 0 aromatic heterocycles. The number of aliphatic hydroxyl groups is 1. The van der Waals surface area contributed by atoms with Gasteiger partial charge in [-0.2, -0.15) is 8.42 Å². The Hall–Kier alpha value is -0.130. The Balaban J connectivity index is 2.77. The molecular formula is C11H22O4S. The SMILES string of the molecule is CCCCC1(O)CCOS(=O)(=O)C(CC)C1. The third kappa shape index (κ3) is 3.43. The fourth-order valence-corrected chi connectivity index (χ4v) is 3.58. The summed E-state index contributed by atoms with van der Waals surface area (Å²) in [7, 11) is -3.47. The van der Waals surface area contributed by atoms with E-state index in [1.165, 1.54) is 0 Å². The molecule has 0 aromatic carbocycles. The zero-order valence-electron chi connectivity index (χ0n) is 10.1. The second-order valence-electron chi connectivity index (χ2n) is 4.63. The molecule has 0 aromatic rings. The quantitative estimate of drug-likeness (QED) is 0.773. The number of unbranched alkanes of at least 4 members (excludes halogenated alkanes) is 1. The second kappa shape index (κ2) is 5.47. The molecule has 2 atom stereocenters. The Kier molecular flexibility index (Phi) is 4.76. The van der Waals surface area contributed by atoms with Crippen LogP contribution in [0.25, 0.3) is 0 Å². The van der Waals surface area contributed by atoms with Crippen molar-refractivity contribution in [3.05, 3.63) is 0 Å². The molecule has 1 fully saturated rings. The first-order valence-electron chi connectivity index (χ1n) is 6.04. The smallest absolute Gasteiger partial charge is 0.270 e. The molecule has 1 rings (SSSR count). The van der Waals surface area contributed by atoms with Crippen molar-refractivity contribution in [2.24, 2.45) is 0 Å². The molecule has 1 N–H and O–H groups in total. The Labute approximate surface area is 98.1 Å². The molecule has 1 heterocycles. The molecule has 16 heavy (non-hydrogen) atoms. The van der Waals surface area contributed by atoms with Crippen LogP contribution in [0.2, 0.25) is 0 Å². The van der Waals surface area contributed by atoms with Crippen LogP contribution in [-0.4, -0.2) is 31.0 Å². The van der Waals surface area contributed by atoms with Crippen molar-refractivity contribution in [2.75, 3.05) is 6.61 Å². The molecule has 0 aliphatic carbocycles. The molecule has 1 aliphatic rings. The van der Waals surface area contributed by atoms with E-state index >= 15 is 0 Å². The average molecular weight is 250 g/mol. The maximum Gasteiger partial charge on any atom is 0.270 e. The van der Waals surface area contributed by atoms with E-state index in [-0.39, 0.29) is 6.61 Å². The fraction of sp³-hybridized carbons (Fsp3) is 1.00. The highest BCUT2D eigenvalue weighted by atomic mass is 32.2. The molecule has 0 saturated carbocycles. The molecule has 4 nitrogen and oxygen atoms in total. The largest absolute Gasteiger partial charge is 0.390 e. The van der Waals surface area contributed by atoms with Crippen LogP contribution in [0.5, 0.6) is 0 Å². The summed E-state index contributed by atoms with van der Waals surface area (Å²) in [6, 6.07) is 0. The van der Waals surface area contributed by atoms with Gasteiger partial charge in [-0.15, -0.1) is 0 Å². The van der Waals surface area contributed by atoms with Crippen LogP contribution >= 0.6 is 0 Å². The topological polar surface area (TPSA) is 63.6 Å². The van der Waals surface area contributed by atoms with Crippen LogP contribution in [-0.2, 0) is 14.3 Å². The standard InChI is InChI=1S/C11H22O4S/c1-3-5-6-11(12)7-8-15-16(13,14)10(4-2)9-11/h10,12H,3-9H2,1-2H3. The highest BCUT2D eigenvalue weighted by Gasteiger charge is 2.39. The molecule has 5 heteroatoms. The van der Waals surface area contributed by atoms with Gasteiger partial charge in [-0.25, -0.2) is 0 Å². The Bertz CT molecular complexity index is 312.